The Labute approximate surface area is 107 Å². The van der Waals surface area contributed by atoms with Gasteiger partial charge in [0.05, 0.1) is 0 Å². The maximum atomic E-state index is 6.04. The number of hydrogen-bond acceptors (Lipinski definition) is 2. The lowest BCUT2D eigenvalue weighted by atomic mass is 9.97. The Morgan fingerprint density at radius 2 is 1.94 bits per heavy atom. The number of hydrogen-bond donors (Lipinski definition) is 1. The molecule has 2 heteroatoms. The van der Waals surface area contributed by atoms with Crippen LogP contribution in [-0.4, -0.2) is 4.98 Å². The molecule has 0 atom stereocenters. The summed E-state index contributed by atoms with van der Waals surface area (Å²) >= 11 is 0. The summed E-state index contributed by atoms with van der Waals surface area (Å²) in [4.78, 5) is 4.32. The van der Waals surface area contributed by atoms with E-state index in [0.29, 0.717) is 0 Å². The van der Waals surface area contributed by atoms with Crippen LogP contribution in [0.4, 0.5) is 5.69 Å². The number of benzene rings is 1. The largest absolute Gasteiger partial charge is 0.398 e. The van der Waals surface area contributed by atoms with E-state index in [-0.39, 0.29) is 0 Å². The van der Waals surface area contributed by atoms with E-state index in [0.717, 1.165) is 28.1 Å². The van der Waals surface area contributed by atoms with Crippen LogP contribution in [0.2, 0.25) is 0 Å². The summed E-state index contributed by atoms with van der Waals surface area (Å²) in [5.74, 6) is 0. The lowest BCUT2D eigenvalue weighted by Gasteiger charge is -2.10. The van der Waals surface area contributed by atoms with E-state index in [9.17, 15) is 0 Å². The number of aryl methyl sites for hydroxylation is 1. The molecule has 90 valence electrons. The molecule has 0 amide bonds. The second kappa shape index (κ2) is 5.32. The second-order valence-electron chi connectivity index (χ2n) is 4.04. The zero-order valence-electron chi connectivity index (χ0n) is 10.4. The van der Waals surface area contributed by atoms with Gasteiger partial charge in [0.25, 0.3) is 0 Å². The Bertz CT molecular complexity index is 598. The Morgan fingerprint density at radius 3 is 2.67 bits per heavy atom. The van der Waals surface area contributed by atoms with Gasteiger partial charge in [0, 0.05) is 28.7 Å². The van der Waals surface area contributed by atoms with Gasteiger partial charge >= 0.3 is 0 Å². The van der Waals surface area contributed by atoms with E-state index < -0.39 is 0 Å². The van der Waals surface area contributed by atoms with Crippen LogP contribution in [0.25, 0.3) is 17.2 Å². The number of pyridine rings is 1. The molecular weight excluding hydrogens is 220 g/mol. The number of aromatic nitrogens is 1. The van der Waals surface area contributed by atoms with E-state index in [1.165, 1.54) is 0 Å². The van der Waals surface area contributed by atoms with Crippen LogP contribution in [0.1, 0.15) is 11.3 Å². The van der Waals surface area contributed by atoms with Crippen LogP contribution in [0.15, 0.2) is 55.3 Å². The molecule has 2 N–H and O–H groups in total. The Balaban J connectivity index is 2.64. The maximum absolute atomic E-state index is 6.04. The van der Waals surface area contributed by atoms with Gasteiger partial charge in [-0.15, -0.1) is 0 Å². The monoisotopic (exact) mass is 236 g/mol. The lowest BCUT2D eigenvalue weighted by Crippen LogP contribution is -1.94. The first-order valence-electron chi connectivity index (χ1n) is 5.83. The number of anilines is 1. The van der Waals surface area contributed by atoms with Crippen molar-refractivity contribution in [1.82, 2.24) is 4.98 Å². The van der Waals surface area contributed by atoms with Crippen molar-refractivity contribution in [3.8, 4) is 11.1 Å². The molecule has 0 unspecified atom stereocenters. The molecule has 2 nitrogen and oxygen atoms in total. The molecule has 0 aliphatic carbocycles. The number of nitrogen functional groups attached to an aromatic ring is 1. The van der Waals surface area contributed by atoms with Crippen molar-refractivity contribution in [2.75, 3.05) is 5.73 Å². The van der Waals surface area contributed by atoms with Gasteiger partial charge in [0.2, 0.25) is 0 Å². The standard InChI is InChI=1S/C16H16N2/c1-3-4-7-15-14(8-5-10-16(15)17)13-9-6-11-18-12(13)2/h3-11H,1,17H2,2H3/b7-4-. The number of allylic oxidation sites excluding steroid dienone is 2. The highest BCUT2D eigenvalue weighted by atomic mass is 14.7. The molecule has 1 aromatic carbocycles. The van der Waals surface area contributed by atoms with Crippen molar-refractivity contribution in [1.29, 1.82) is 0 Å². The zero-order chi connectivity index (χ0) is 13.0. The molecule has 1 aromatic heterocycles. The predicted octanol–water partition coefficient (Wildman–Crippen LogP) is 3.84. The summed E-state index contributed by atoms with van der Waals surface area (Å²) in [5, 5.41) is 0. The zero-order valence-corrected chi connectivity index (χ0v) is 10.4. The molecule has 0 spiro atoms. The van der Waals surface area contributed by atoms with Gasteiger partial charge in [-0.1, -0.05) is 43.0 Å². The number of nitrogens with two attached hydrogens (primary N) is 1. The molecule has 0 radical (unpaired) electrons. The Hall–Kier alpha value is -2.35. The maximum Gasteiger partial charge on any atom is 0.0451 e. The van der Waals surface area contributed by atoms with Gasteiger partial charge in [-0.2, -0.15) is 0 Å². The minimum atomic E-state index is 0.758. The molecule has 0 saturated heterocycles. The van der Waals surface area contributed by atoms with Crippen molar-refractivity contribution in [2.24, 2.45) is 0 Å². The minimum Gasteiger partial charge on any atom is -0.398 e. The summed E-state index contributed by atoms with van der Waals surface area (Å²) in [6.07, 6.45) is 7.40. The van der Waals surface area contributed by atoms with Crippen LogP contribution >= 0.6 is 0 Å². The SMILES string of the molecule is C=C/C=C\c1c(N)cccc1-c1cccnc1C. The highest BCUT2D eigenvalue weighted by Crippen LogP contribution is 2.30. The molecule has 1 heterocycles. The van der Waals surface area contributed by atoms with E-state index in [1.807, 2.05) is 37.3 Å². The van der Waals surface area contributed by atoms with Crippen LogP contribution in [0.5, 0.6) is 0 Å². The highest BCUT2D eigenvalue weighted by Gasteiger charge is 2.08. The minimum absolute atomic E-state index is 0.758. The predicted molar refractivity (Wildman–Crippen MR) is 78.1 cm³/mol. The Kier molecular flexibility index (Phi) is 3.58. The van der Waals surface area contributed by atoms with Crippen LogP contribution < -0.4 is 5.73 Å². The van der Waals surface area contributed by atoms with Gasteiger partial charge in [0.1, 0.15) is 0 Å². The first kappa shape index (κ1) is 12.1. The Morgan fingerprint density at radius 1 is 1.17 bits per heavy atom. The van der Waals surface area contributed by atoms with Crippen molar-refractivity contribution in [2.45, 2.75) is 6.92 Å². The first-order valence-corrected chi connectivity index (χ1v) is 5.83. The molecule has 2 rings (SSSR count). The van der Waals surface area contributed by atoms with Crippen molar-refractivity contribution < 1.29 is 0 Å². The van der Waals surface area contributed by atoms with Crippen LogP contribution in [-0.2, 0) is 0 Å². The van der Waals surface area contributed by atoms with Gasteiger partial charge in [-0.25, -0.2) is 0 Å². The van der Waals surface area contributed by atoms with Crippen molar-refractivity contribution in [3.63, 3.8) is 0 Å². The number of rotatable bonds is 3. The molecule has 2 aromatic rings. The van der Waals surface area contributed by atoms with E-state index in [1.54, 1.807) is 12.3 Å². The third-order valence-electron chi connectivity index (χ3n) is 2.84. The summed E-state index contributed by atoms with van der Waals surface area (Å²) in [7, 11) is 0. The fourth-order valence-corrected chi connectivity index (χ4v) is 1.94. The fourth-order valence-electron chi connectivity index (χ4n) is 1.94. The van der Waals surface area contributed by atoms with E-state index in [4.69, 9.17) is 5.73 Å². The molecular formula is C16H16N2. The van der Waals surface area contributed by atoms with Crippen LogP contribution in [0, 0.1) is 6.92 Å². The quantitative estimate of drug-likeness (QED) is 0.649. The summed E-state index contributed by atoms with van der Waals surface area (Å²) in [5.41, 5.74) is 11.0. The molecule has 18 heavy (non-hydrogen) atoms. The summed E-state index contributed by atoms with van der Waals surface area (Å²) in [6, 6.07) is 9.92. The third kappa shape index (κ3) is 2.33. The van der Waals surface area contributed by atoms with Crippen LogP contribution in [0.3, 0.4) is 0 Å². The van der Waals surface area contributed by atoms with E-state index in [2.05, 4.69) is 23.7 Å². The average Bonchev–Trinajstić information content (AvgIpc) is 2.38. The summed E-state index contributed by atoms with van der Waals surface area (Å²) in [6.45, 7) is 5.68. The van der Waals surface area contributed by atoms with Crippen molar-refractivity contribution >= 4 is 11.8 Å². The topological polar surface area (TPSA) is 38.9 Å². The van der Waals surface area contributed by atoms with Crippen molar-refractivity contribution in [3.05, 3.63) is 66.5 Å². The normalized spacial score (nSPS) is 10.7. The smallest absolute Gasteiger partial charge is 0.0451 e. The van der Waals surface area contributed by atoms with Gasteiger partial charge in [0.15, 0.2) is 0 Å². The summed E-state index contributed by atoms with van der Waals surface area (Å²) < 4.78 is 0. The molecule has 0 aliphatic heterocycles. The molecule has 0 aliphatic rings. The second-order valence-corrected chi connectivity index (χ2v) is 4.04. The number of nitrogens with zero attached hydrogens (tertiary/aromatic N) is 1. The first-order chi connectivity index (χ1) is 8.74. The third-order valence-corrected chi connectivity index (χ3v) is 2.84. The fraction of sp³-hybridized carbons (Fsp3) is 0.0625. The van der Waals surface area contributed by atoms with Gasteiger partial charge < -0.3 is 5.73 Å². The highest BCUT2D eigenvalue weighted by molar-refractivity contribution is 5.83. The van der Waals surface area contributed by atoms with Gasteiger partial charge in [-0.3, -0.25) is 4.98 Å². The molecule has 0 saturated carbocycles. The molecule has 0 fully saturated rings. The lowest BCUT2D eigenvalue weighted by molar-refractivity contribution is 1.20. The van der Waals surface area contributed by atoms with E-state index >= 15 is 0 Å². The average molecular weight is 236 g/mol. The van der Waals surface area contributed by atoms with Gasteiger partial charge in [-0.05, 0) is 24.6 Å². The molecule has 0 bridgehead atoms.